The van der Waals surface area contributed by atoms with Crippen LogP contribution in [0, 0.1) is 0 Å². The molecule has 2 rings (SSSR count). The minimum Gasteiger partial charge on any atom is -0.350 e. The third kappa shape index (κ3) is 4.42. The zero-order chi connectivity index (χ0) is 15.4. The summed E-state index contributed by atoms with van der Waals surface area (Å²) in [5.74, 6) is 0.180. The lowest BCUT2D eigenvalue weighted by Gasteiger charge is -2.32. The van der Waals surface area contributed by atoms with Gasteiger partial charge in [-0.25, -0.2) is 4.98 Å². The quantitative estimate of drug-likeness (QED) is 0.869. The molecule has 0 radical (unpaired) electrons. The van der Waals surface area contributed by atoms with Gasteiger partial charge in [-0.3, -0.25) is 4.79 Å². The highest BCUT2D eigenvalue weighted by Crippen LogP contribution is 2.18. The van der Waals surface area contributed by atoms with Crippen LogP contribution >= 0.6 is 11.6 Å². The number of piperidine rings is 1. The molecule has 4 nitrogen and oxygen atoms in total. The van der Waals surface area contributed by atoms with E-state index in [2.05, 4.69) is 22.2 Å². The summed E-state index contributed by atoms with van der Waals surface area (Å²) in [6.07, 6.45) is 3.63. The highest BCUT2D eigenvalue weighted by atomic mass is 35.5. The number of amides is 1. The van der Waals surface area contributed by atoms with E-state index < -0.39 is 0 Å². The summed E-state index contributed by atoms with van der Waals surface area (Å²) < 4.78 is 0. The van der Waals surface area contributed by atoms with Gasteiger partial charge in [-0.2, -0.15) is 0 Å². The Kier molecular flexibility index (Phi) is 5.59. The van der Waals surface area contributed by atoms with E-state index in [0.29, 0.717) is 23.3 Å². The molecule has 1 fully saturated rings. The van der Waals surface area contributed by atoms with Crippen molar-refractivity contribution in [3.63, 3.8) is 0 Å². The van der Waals surface area contributed by atoms with Crippen molar-refractivity contribution in [2.75, 3.05) is 20.1 Å². The van der Waals surface area contributed by atoms with E-state index in [4.69, 9.17) is 11.6 Å². The van der Waals surface area contributed by atoms with Crippen molar-refractivity contribution >= 4 is 17.5 Å². The zero-order valence-corrected chi connectivity index (χ0v) is 13.8. The van der Waals surface area contributed by atoms with E-state index in [1.165, 1.54) is 12.8 Å². The average molecular weight is 310 g/mol. The van der Waals surface area contributed by atoms with E-state index in [-0.39, 0.29) is 11.8 Å². The highest BCUT2D eigenvalue weighted by molar-refractivity contribution is 6.29. The topological polar surface area (TPSA) is 45.2 Å². The predicted octanol–water partition coefficient (Wildman–Crippen LogP) is 3.07. The largest absolute Gasteiger partial charge is 0.350 e. The minimum atomic E-state index is -0.0693. The molecule has 1 aliphatic rings. The maximum Gasteiger partial charge on any atom is 0.251 e. The molecule has 2 heterocycles. The third-order valence-corrected chi connectivity index (χ3v) is 4.28. The first-order valence-electron chi connectivity index (χ1n) is 7.63. The summed E-state index contributed by atoms with van der Waals surface area (Å²) in [5, 5.41) is 3.40. The standard InChI is InChI=1S/C16H24ClN3O/c1-11(2)14-8-12(9-15(17)19-14)16(21)18-10-13-6-4-5-7-20(13)3/h8-9,11,13H,4-7,10H2,1-3H3,(H,18,21). The van der Waals surface area contributed by atoms with Gasteiger partial charge in [0, 0.05) is 23.8 Å². The van der Waals surface area contributed by atoms with Gasteiger partial charge in [0.1, 0.15) is 5.15 Å². The number of carbonyl (C=O) groups excluding carboxylic acids is 1. The Bertz CT molecular complexity index is 504. The van der Waals surface area contributed by atoms with Crippen LogP contribution in [0.25, 0.3) is 0 Å². The molecule has 1 unspecified atom stereocenters. The van der Waals surface area contributed by atoms with Crippen LogP contribution in [0.3, 0.4) is 0 Å². The number of nitrogens with zero attached hydrogens (tertiary/aromatic N) is 2. The van der Waals surface area contributed by atoms with Crippen molar-refractivity contribution in [1.82, 2.24) is 15.2 Å². The fourth-order valence-electron chi connectivity index (χ4n) is 2.66. The van der Waals surface area contributed by atoms with Crippen LogP contribution in [-0.2, 0) is 0 Å². The maximum absolute atomic E-state index is 12.3. The van der Waals surface area contributed by atoms with Crippen molar-refractivity contribution in [2.24, 2.45) is 0 Å². The maximum atomic E-state index is 12.3. The summed E-state index contributed by atoms with van der Waals surface area (Å²) in [6, 6.07) is 3.90. The Balaban J connectivity index is 1.99. The molecule has 1 atom stereocenters. The molecule has 116 valence electrons. The lowest BCUT2D eigenvalue weighted by molar-refractivity contribution is 0.0928. The summed E-state index contributed by atoms with van der Waals surface area (Å²) in [4.78, 5) is 18.9. The number of aromatic nitrogens is 1. The summed E-state index contributed by atoms with van der Waals surface area (Å²) >= 11 is 6.01. The first-order valence-corrected chi connectivity index (χ1v) is 8.01. The lowest BCUT2D eigenvalue weighted by atomic mass is 10.0. The lowest BCUT2D eigenvalue weighted by Crippen LogP contribution is -2.44. The Morgan fingerprint density at radius 3 is 2.90 bits per heavy atom. The van der Waals surface area contributed by atoms with Crippen LogP contribution in [0.2, 0.25) is 5.15 Å². The van der Waals surface area contributed by atoms with Crippen LogP contribution in [-0.4, -0.2) is 42.0 Å². The van der Waals surface area contributed by atoms with Crippen molar-refractivity contribution < 1.29 is 4.79 Å². The first-order chi connectivity index (χ1) is 9.97. The predicted molar refractivity (Wildman–Crippen MR) is 85.9 cm³/mol. The van der Waals surface area contributed by atoms with Gasteiger partial charge in [0.25, 0.3) is 5.91 Å². The molecule has 0 bridgehead atoms. The number of hydrogen-bond donors (Lipinski definition) is 1. The van der Waals surface area contributed by atoms with E-state index >= 15 is 0 Å². The molecular formula is C16H24ClN3O. The highest BCUT2D eigenvalue weighted by Gasteiger charge is 2.20. The molecule has 21 heavy (non-hydrogen) atoms. The molecule has 5 heteroatoms. The normalized spacial score (nSPS) is 19.8. The van der Waals surface area contributed by atoms with E-state index in [1.54, 1.807) is 6.07 Å². The second kappa shape index (κ2) is 7.23. The Hall–Kier alpha value is -1.13. The van der Waals surface area contributed by atoms with Crippen molar-refractivity contribution in [3.8, 4) is 0 Å². The molecule has 1 aliphatic heterocycles. The molecule has 0 aliphatic carbocycles. The molecule has 1 amide bonds. The van der Waals surface area contributed by atoms with Gasteiger partial charge in [-0.15, -0.1) is 0 Å². The second-order valence-corrected chi connectivity index (χ2v) is 6.49. The van der Waals surface area contributed by atoms with Gasteiger partial charge in [0.2, 0.25) is 0 Å². The number of carbonyl (C=O) groups is 1. The number of halogens is 1. The van der Waals surface area contributed by atoms with E-state index in [0.717, 1.165) is 18.7 Å². The summed E-state index contributed by atoms with van der Waals surface area (Å²) in [7, 11) is 2.12. The number of hydrogen-bond acceptors (Lipinski definition) is 3. The fourth-order valence-corrected chi connectivity index (χ4v) is 2.87. The van der Waals surface area contributed by atoms with Gasteiger partial charge in [0.15, 0.2) is 0 Å². The molecule has 0 aromatic carbocycles. The van der Waals surface area contributed by atoms with Crippen molar-refractivity contribution in [2.45, 2.75) is 45.1 Å². The van der Waals surface area contributed by atoms with Crippen molar-refractivity contribution in [3.05, 3.63) is 28.5 Å². The Morgan fingerprint density at radius 2 is 2.24 bits per heavy atom. The number of likely N-dealkylation sites (N-methyl/N-ethyl adjacent to an activating group) is 1. The van der Waals surface area contributed by atoms with Gasteiger partial charge < -0.3 is 10.2 Å². The van der Waals surface area contributed by atoms with Crippen LogP contribution < -0.4 is 5.32 Å². The van der Waals surface area contributed by atoms with Gasteiger partial charge in [-0.05, 0) is 44.5 Å². The monoisotopic (exact) mass is 309 g/mol. The molecule has 1 saturated heterocycles. The zero-order valence-electron chi connectivity index (χ0n) is 13.0. The molecule has 1 aromatic heterocycles. The van der Waals surface area contributed by atoms with Gasteiger partial charge in [-0.1, -0.05) is 31.9 Å². The van der Waals surface area contributed by atoms with E-state index in [1.807, 2.05) is 19.9 Å². The fraction of sp³-hybridized carbons (Fsp3) is 0.625. The molecule has 0 saturated carbocycles. The number of pyridine rings is 1. The smallest absolute Gasteiger partial charge is 0.251 e. The van der Waals surface area contributed by atoms with Crippen molar-refractivity contribution in [1.29, 1.82) is 0 Å². The second-order valence-electron chi connectivity index (χ2n) is 6.10. The Labute approximate surface area is 131 Å². The number of nitrogens with one attached hydrogen (secondary N) is 1. The molecule has 1 N–H and O–H groups in total. The SMILES string of the molecule is CC(C)c1cc(C(=O)NCC2CCCCN2C)cc(Cl)n1. The van der Waals surface area contributed by atoms with Crippen LogP contribution in [0.1, 0.15) is 55.1 Å². The van der Waals surface area contributed by atoms with Gasteiger partial charge in [0.05, 0.1) is 0 Å². The summed E-state index contributed by atoms with van der Waals surface area (Å²) in [5.41, 5.74) is 1.44. The molecule has 1 aromatic rings. The first kappa shape index (κ1) is 16.2. The summed E-state index contributed by atoms with van der Waals surface area (Å²) in [6.45, 7) is 5.88. The molecular weight excluding hydrogens is 286 g/mol. The number of rotatable bonds is 4. The van der Waals surface area contributed by atoms with Crippen LogP contribution in [0.5, 0.6) is 0 Å². The average Bonchev–Trinajstić information content (AvgIpc) is 2.45. The van der Waals surface area contributed by atoms with Gasteiger partial charge >= 0.3 is 0 Å². The van der Waals surface area contributed by atoms with Crippen LogP contribution in [0.15, 0.2) is 12.1 Å². The third-order valence-electron chi connectivity index (χ3n) is 4.09. The van der Waals surface area contributed by atoms with E-state index in [9.17, 15) is 4.79 Å². The minimum absolute atomic E-state index is 0.0693. The molecule has 0 spiro atoms. The van der Waals surface area contributed by atoms with Crippen LogP contribution in [0.4, 0.5) is 0 Å². The Morgan fingerprint density at radius 1 is 1.48 bits per heavy atom. The number of likely N-dealkylation sites (tertiary alicyclic amines) is 1.